The van der Waals surface area contributed by atoms with Crippen molar-refractivity contribution >= 4 is 51.6 Å². The largest absolute Gasteiger partial charge is 0.455 e. The number of carbonyl (C=O) groups excluding carboxylic acids is 1. The molecule has 1 saturated heterocycles. The molecule has 0 spiro atoms. The van der Waals surface area contributed by atoms with E-state index < -0.39 is 5.82 Å². The van der Waals surface area contributed by atoms with Gasteiger partial charge in [-0.05, 0) is 31.2 Å². The molecule has 0 aliphatic carbocycles. The van der Waals surface area contributed by atoms with Crippen molar-refractivity contribution in [2.45, 2.75) is 13.0 Å². The molecule has 6 rings (SSSR count). The first kappa shape index (κ1) is 25.4. The Morgan fingerprint density at radius 2 is 2.08 bits per heavy atom. The Hall–Kier alpha value is -4.91. The van der Waals surface area contributed by atoms with E-state index in [1.807, 2.05) is 11.8 Å². The summed E-state index contributed by atoms with van der Waals surface area (Å²) in [6.45, 7) is 7.12. The van der Waals surface area contributed by atoms with E-state index in [1.165, 1.54) is 24.8 Å². The SMILES string of the molecule is C=CC(=O)N1CCN(c2ncc3ncnc(Nc4ccc(Oc5ccn6ncnc6c5)c(Cl)c4F)c3n2)C[C@H]1C. The Bertz CT molecular complexity index is 1760. The highest BCUT2D eigenvalue weighted by molar-refractivity contribution is 6.32. The van der Waals surface area contributed by atoms with Gasteiger partial charge in [0.2, 0.25) is 11.9 Å². The summed E-state index contributed by atoms with van der Waals surface area (Å²) in [5.41, 5.74) is 1.54. The van der Waals surface area contributed by atoms with Crippen molar-refractivity contribution in [1.29, 1.82) is 0 Å². The van der Waals surface area contributed by atoms with Gasteiger partial charge >= 0.3 is 0 Å². The van der Waals surface area contributed by atoms with Crippen LogP contribution in [0.3, 0.4) is 0 Å². The maximum Gasteiger partial charge on any atom is 0.246 e. The molecule has 1 aliphatic rings. The Balaban J connectivity index is 1.25. The van der Waals surface area contributed by atoms with Gasteiger partial charge < -0.3 is 19.9 Å². The number of ether oxygens (including phenoxy) is 1. The van der Waals surface area contributed by atoms with Crippen LogP contribution in [0.4, 0.5) is 21.8 Å². The third kappa shape index (κ3) is 4.71. The number of rotatable bonds is 6. The molecule has 5 heterocycles. The highest BCUT2D eigenvalue weighted by Gasteiger charge is 2.28. The molecule has 1 aliphatic heterocycles. The summed E-state index contributed by atoms with van der Waals surface area (Å²) in [7, 11) is 0. The maximum absolute atomic E-state index is 15.4. The molecule has 14 heteroatoms. The smallest absolute Gasteiger partial charge is 0.246 e. The number of nitrogens with zero attached hydrogens (tertiary/aromatic N) is 9. The van der Waals surface area contributed by atoms with E-state index in [0.29, 0.717) is 48.0 Å². The quantitative estimate of drug-likeness (QED) is 0.304. The number of anilines is 3. The average molecular weight is 561 g/mol. The molecule has 1 fully saturated rings. The maximum atomic E-state index is 15.4. The molecule has 12 nitrogen and oxygen atoms in total. The van der Waals surface area contributed by atoms with Crippen LogP contribution in [0, 0.1) is 5.82 Å². The predicted octanol–water partition coefficient (Wildman–Crippen LogP) is 4.01. The highest BCUT2D eigenvalue weighted by atomic mass is 35.5. The van der Waals surface area contributed by atoms with Crippen LogP contribution in [-0.2, 0) is 4.79 Å². The summed E-state index contributed by atoms with van der Waals surface area (Å²) < 4.78 is 22.8. The number of nitrogens with one attached hydrogen (secondary N) is 1. The van der Waals surface area contributed by atoms with E-state index in [9.17, 15) is 4.79 Å². The topological polar surface area (TPSA) is 127 Å². The molecule has 0 unspecified atom stereocenters. The lowest BCUT2D eigenvalue weighted by molar-refractivity contribution is -0.128. The number of pyridine rings is 1. The molecule has 0 radical (unpaired) electrons. The normalized spacial score (nSPS) is 15.4. The van der Waals surface area contributed by atoms with Gasteiger partial charge in [-0.25, -0.2) is 33.8 Å². The van der Waals surface area contributed by atoms with E-state index in [2.05, 4.69) is 41.9 Å². The van der Waals surface area contributed by atoms with Crippen molar-refractivity contribution in [2.24, 2.45) is 0 Å². The second-order valence-electron chi connectivity index (χ2n) is 9.05. The number of aromatic nitrogens is 7. The molecule has 5 aromatic rings. The number of carbonyl (C=O) groups is 1. The molecule has 0 saturated carbocycles. The van der Waals surface area contributed by atoms with Crippen LogP contribution in [0.25, 0.3) is 16.7 Å². The summed E-state index contributed by atoms with van der Waals surface area (Å²) >= 11 is 6.34. The minimum absolute atomic E-state index is 0.0570. The van der Waals surface area contributed by atoms with Gasteiger partial charge in [0.1, 0.15) is 40.2 Å². The van der Waals surface area contributed by atoms with E-state index in [4.69, 9.17) is 16.3 Å². The Labute approximate surface area is 232 Å². The number of piperazine rings is 1. The fourth-order valence-electron chi connectivity index (χ4n) is 4.49. The van der Waals surface area contributed by atoms with Crippen LogP contribution in [0.5, 0.6) is 11.5 Å². The van der Waals surface area contributed by atoms with E-state index in [1.54, 1.807) is 40.0 Å². The minimum atomic E-state index is -0.722. The van der Waals surface area contributed by atoms with Crippen LogP contribution in [0.1, 0.15) is 6.92 Å². The van der Waals surface area contributed by atoms with Crippen LogP contribution in [-0.4, -0.2) is 71.0 Å². The Kier molecular flexibility index (Phi) is 6.56. The Morgan fingerprint density at radius 1 is 1.20 bits per heavy atom. The van der Waals surface area contributed by atoms with E-state index in [-0.39, 0.29) is 34.2 Å². The fourth-order valence-corrected chi connectivity index (χ4v) is 4.70. The molecular weight excluding hydrogens is 539 g/mol. The number of hydrogen-bond donors (Lipinski definition) is 1. The second-order valence-corrected chi connectivity index (χ2v) is 9.43. The van der Waals surface area contributed by atoms with Crippen molar-refractivity contribution < 1.29 is 13.9 Å². The van der Waals surface area contributed by atoms with Gasteiger partial charge in [0.25, 0.3) is 0 Å². The standard InChI is InChI=1S/C26H22ClFN10O2/c1-3-21(39)37-9-8-36(12-15(37)2)26-29-11-18-24(35-26)25(32-13-30-18)34-17-4-5-19(22(27)23(17)28)40-16-6-7-38-20(10-16)31-14-33-38/h3-7,10-11,13-15H,1,8-9,12H2,2H3,(H,30,32,34)/t15-/m1/s1. The minimum Gasteiger partial charge on any atom is -0.455 e. The molecule has 0 bridgehead atoms. The van der Waals surface area contributed by atoms with Crippen molar-refractivity contribution in [1.82, 2.24) is 39.4 Å². The number of halogens is 2. The Morgan fingerprint density at radius 3 is 2.90 bits per heavy atom. The summed E-state index contributed by atoms with van der Waals surface area (Å²) in [6.07, 6.45) is 7.34. The molecule has 1 N–H and O–H groups in total. The van der Waals surface area contributed by atoms with Crippen LogP contribution in [0.2, 0.25) is 5.02 Å². The first-order valence-electron chi connectivity index (χ1n) is 12.3. The molecular formula is C26H22ClFN10O2. The summed E-state index contributed by atoms with van der Waals surface area (Å²) in [4.78, 5) is 37.6. The van der Waals surface area contributed by atoms with Crippen molar-refractivity contribution in [3.05, 3.63) is 72.8 Å². The number of amides is 1. The van der Waals surface area contributed by atoms with E-state index >= 15 is 4.39 Å². The molecule has 4 aromatic heterocycles. The number of fused-ring (bicyclic) bond motifs is 2. The van der Waals surface area contributed by atoms with Gasteiger partial charge in [0, 0.05) is 37.9 Å². The van der Waals surface area contributed by atoms with Gasteiger partial charge in [-0.1, -0.05) is 18.2 Å². The van der Waals surface area contributed by atoms with Crippen LogP contribution in [0.15, 0.2) is 62.0 Å². The zero-order valence-corrected chi connectivity index (χ0v) is 22.0. The third-order valence-corrected chi connectivity index (χ3v) is 6.86. The zero-order chi connectivity index (χ0) is 27.8. The van der Waals surface area contributed by atoms with Gasteiger partial charge in [-0.3, -0.25) is 4.79 Å². The average Bonchev–Trinajstić information content (AvgIpc) is 3.44. The summed E-state index contributed by atoms with van der Waals surface area (Å²) in [6, 6.07) is 6.33. The number of benzene rings is 1. The van der Waals surface area contributed by atoms with Crippen LogP contribution < -0.4 is 15.0 Å². The zero-order valence-electron chi connectivity index (χ0n) is 21.2. The lowest BCUT2D eigenvalue weighted by Gasteiger charge is -2.39. The lowest BCUT2D eigenvalue weighted by atomic mass is 10.2. The van der Waals surface area contributed by atoms with Crippen molar-refractivity contribution in [2.75, 3.05) is 29.9 Å². The lowest BCUT2D eigenvalue weighted by Crippen LogP contribution is -2.54. The molecule has 1 aromatic carbocycles. The van der Waals surface area contributed by atoms with Crippen LogP contribution >= 0.6 is 11.6 Å². The van der Waals surface area contributed by atoms with Crippen molar-refractivity contribution in [3.63, 3.8) is 0 Å². The molecule has 1 amide bonds. The first-order chi connectivity index (χ1) is 19.4. The first-order valence-corrected chi connectivity index (χ1v) is 12.7. The molecule has 40 heavy (non-hydrogen) atoms. The predicted molar refractivity (Wildman–Crippen MR) is 146 cm³/mol. The highest BCUT2D eigenvalue weighted by Crippen LogP contribution is 2.36. The molecule has 202 valence electrons. The van der Waals surface area contributed by atoms with Gasteiger partial charge in [-0.2, -0.15) is 5.10 Å². The monoisotopic (exact) mass is 560 g/mol. The van der Waals surface area contributed by atoms with Gasteiger partial charge in [0.15, 0.2) is 17.3 Å². The summed E-state index contributed by atoms with van der Waals surface area (Å²) in [5, 5.41) is 6.80. The van der Waals surface area contributed by atoms with Crippen molar-refractivity contribution in [3.8, 4) is 11.5 Å². The second kappa shape index (κ2) is 10.3. The fraction of sp³-hybridized carbons (Fsp3) is 0.192. The third-order valence-electron chi connectivity index (χ3n) is 6.51. The number of hydrogen-bond acceptors (Lipinski definition) is 10. The molecule has 1 atom stereocenters. The van der Waals surface area contributed by atoms with Gasteiger partial charge in [-0.15, -0.1) is 0 Å². The van der Waals surface area contributed by atoms with Gasteiger partial charge in [0.05, 0.1) is 11.9 Å². The summed E-state index contributed by atoms with van der Waals surface area (Å²) in [5.74, 6) is 0.463. The van der Waals surface area contributed by atoms with E-state index in [0.717, 1.165) is 0 Å².